The van der Waals surface area contributed by atoms with E-state index in [-0.39, 0.29) is 18.0 Å². The molecule has 0 bridgehead atoms. The van der Waals surface area contributed by atoms with Crippen molar-refractivity contribution >= 4 is 17.6 Å². The van der Waals surface area contributed by atoms with Gasteiger partial charge in [-0.1, -0.05) is 30.3 Å². The van der Waals surface area contributed by atoms with Gasteiger partial charge in [-0.2, -0.15) is 5.26 Å². The van der Waals surface area contributed by atoms with Crippen LogP contribution in [-0.4, -0.2) is 37.0 Å². The lowest BCUT2D eigenvalue weighted by Crippen LogP contribution is -2.38. The molecule has 7 nitrogen and oxygen atoms in total. The molecule has 0 radical (unpaired) electrons. The molecule has 2 N–H and O–H groups in total. The largest absolute Gasteiger partial charge is 0.497 e. The van der Waals surface area contributed by atoms with E-state index in [1.54, 1.807) is 13.2 Å². The third-order valence-electron chi connectivity index (χ3n) is 6.99. The number of hydrogen-bond donors (Lipinski definition) is 2. The van der Waals surface area contributed by atoms with Crippen LogP contribution < -0.4 is 15.4 Å². The van der Waals surface area contributed by atoms with Gasteiger partial charge in [-0.15, -0.1) is 0 Å². The molecule has 1 aliphatic heterocycles. The molecule has 1 saturated heterocycles. The van der Waals surface area contributed by atoms with Crippen molar-refractivity contribution in [2.75, 3.05) is 25.5 Å². The molecule has 0 unspecified atom stereocenters. The number of anilines is 1. The van der Waals surface area contributed by atoms with E-state index in [0.29, 0.717) is 35.8 Å². The Bertz CT molecular complexity index is 1290. The molecular formula is C30H32N4O3. The number of carbonyl (C=O) groups excluding carboxylic acids is 2. The third kappa shape index (κ3) is 6.28. The van der Waals surface area contributed by atoms with E-state index in [1.807, 2.05) is 79.4 Å². The number of aryl methyl sites for hydroxylation is 1. The maximum absolute atomic E-state index is 13.2. The summed E-state index contributed by atoms with van der Waals surface area (Å²) < 4.78 is 5.19. The molecule has 0 saturated carbocycles. The topological polar surface area (TPSA) is 94.5 Å². The number of rotatable bonds is 6. The standard InChI is InChI=1S/C30H32N4O3/c1-20-4-7-26(18-28(20)33-30(36)32-21(2)23-10-12-27(37-3)13-11-23)29(35)34-16-14-25(15-17-34)24-8-5-22(19-31)6-9-24/h4-13,18,21,25H,14-17H2,1-3H3,(H2,32,33,36)/t21-/m1/s1. The van der Waals surface area contributed by atoms with Gasteiger partial charge in [-0.3, -0.25) is 4.79 Å². The van der Waals surface area contributed by atoms with Crippen LogP contribution in [0.25, 0.3) is 0 Å². The highest BCUT2D eigenvalue weighted by atomic mass is 16.5. The van der Waals surface area contributed by atoms with Crippen molar-refractivity contribution in [3.05, 3.63) is 94.5 Å². The van der Waals surface area contributed by atoms with Gasteiger partial charge in [0.2, 0.25) is 0 Å². The van der Waals surface area contributed by atoms with Gasteiger partial charge < -0.3 is 20.3 Å². The second-order valence-corrected chi connectivity index (χ2v) is 9.42. The third-order valence-corrected chi connectivity index (χ3v) is 6.99. The molecule has 4 rings (SSSR count). The van der Waals surface area contributed by atoms with Gasteiger partial charge in [0.1, 0.15) is 5.75 Å². The fourth-order valence-corrected chi connectivity index (χ4v) is 4.65. The van der Waals surface area contributed by atoms with E-state index >= 15 is 0 Å². The molecular weight excluding hydrogens is 464 g/mol. The Morgan fingerprint density at radius 2 is 1.70 bits per heavy atom. The summed E-state index contributed by atoms with van der Waals surface area (Å²) in [7, 11) is 1.62. The van der Waals surface area contributed by atoms with E-state index in [2.05, 4.69) is 16.7 Å². The van der Waals surface area contributed by atoms with Gasteiger partial charge in [0.05, 0.1) is 24.8 Å². The Kier molecular flexibility index (Phi) is 8.09. The van der Waals surface area contributed by atoms with Crippen LogP contribution >= 0.6 is 0 Å². The van der Waals surface area contributed by atoms with Crippen molar-refractivity contribution < 1.29 is 14.3 Å². The maximum Gasteiger partial charge on any atom is 0.319 e. The number of carbonyl (C=O) groups is 2. The molecule has 1 heterocycles. The summed E-state index contributed by atoms with van der Waals surface area (Å²) in [5.74, 6) is 1.10. The molecule has 1 atom stereocenters. The Morgan fingerprint density at radius 3 is 2.32 bits per heavy atom. The highest BCUT2D eigenvalue weighted by Crippen LogP contribution is 2.29. The summed E-state index contributed by atoms with van der Waals surface area (Å²) in [6.07, 6.45) is 1.75. The number of ether oxygens (including phenoxy) is 1. The van der Waals surface area contributed by atoms with Crippen LogP contribution in [0, 0.1) is 18.3 Å². The van der Waals surface area contributed by atoms with Crippen LogP contribution in [0.3, 0.4) is 0 Å². The molecule has 7 heteroatoms. The fourth-order valence-electron chi connectivity index (χ4n) is 4.65. The van der Waals surface area contributed by atoms with Crippen LogP contribution in [0.4, 0.5) is 10.5 Å². The zero-order valence-electron chi connectivity index (χ0n) is 21.5. The highest BCUT2D eigenvalue weighted by Gasteiger charge is 2.25. The van der Waals surface area contributed by atoms with Gasteiger partial charge in [-0.05, 0) is 85.7 Å². The minimum atomic E-state index is -0.334. The number of piperidine rings is 1. The summed E-state index contributed by atoms with van der Waals surface area (Å²) in [5.41, 5.74) is 4.87. The first-order valence-corrected chi connectivity index (χ1v) is 12.5. The number of benzene rings is 3. The normalized spacial score (nSPS) is 14.4. The number of nitrogens with one attached hydrogen (secondary N) is 2. The molecule has 3 aromatic rings. The van der Waals surface area contributed by atoms with Gasteiger partial charge in [0.15, 0.2) is 0 Å². The highest BCUT2D eigenvalue weighted by molar-refractivity contribution is 5.97. The van der Waals surface area contributed by atoms with E-state index in [4.69, 9.17) is 10.00 Å². The number of likely N-dealkylation sites (tertiary alicyclic amines) is 1. The molecule has 1 aliphatic rings. The van der Waals surface area contributed by atoms with Crippen molar-refractivity contribution in [2.45, 2.75) is 38.6 Å². The Labute approximate surface area is 218 Å². The van der Waals surface area contributed by atoms with Crippen LogP contribution in [0.1, 0.15) is 64.3 Å². The molecule has 1 fully saturated rings. The first-order valence-electron chi connectivity index (χ1n) is 12.5. The minimum absolute atomic E-state index is 0.0339. The molecule has 0 aromatic heterocycles. The van der Waals surface area contributed by atoms with E-state index in [1.165, 1.54) is 5.56 Å². The number of hydrogen-bond acceptors (Lipinski definition) is 4. The van der Waals surface area contributed by atoms with E-state index in [9.17, 15) is 9.59 Å². The predicted octanol–water partition coefficient (Wildman–Crippen LogP) is 5.78. The first kappa shape index (κ1) is 25.8. The number of methoxy groups -OCH3 is 1. The molecule has 0 spiro atoms. The molecule has 190 valence electrons. The van der Waals surface area contributed by atoms with E-state index in [0.717, 1.165) is 29.7 Å². The lowest BCUT2D eigenvalue weighted by molar-refractivity contribution is 0.0713. The average Bonchev–Trinajstić information content (AvgIpc) is 2.94. The van der Waals surface area contributed by atoms with Crippen molar-refractivity contribution in [3.8, 4) is 11.8 Å². The predicted molar refractivity (Wildman–Crippen MR) is 144 cm³/mol. The lowest BCUT2D eigenvalue weighted by Gasteiger charge is -2.32. The summed E-state index contributed by atoms with van der Waals surface area (Å²) in [5, 5.41) is 14.9. The second kappa shape index (κ2) is 11.6. The quantitative estimate of drug-likeness (QED) is 0.452. The van der Waals surface area contributed by atoms with Gasteiger partial charge in [0, 0.05) is 24.3 Å². The summed E-state index contributed by atoms with van der Waals surface area (Å²) in [4.78, 5) is 27.8. The summed E-state index contributed by atoms with van der Waals surface area (Å²) in [6, 6.07) is 22.3. The average molecular weight is 497 g/mol. The smallest absolute Gasteiger partial charge is 0.319 e. The zero-order chi connectivity index (χ0) is 26.4. The van der Waals surface area contributed by atoms with E-state index < -0.39 is 0 Å². The number of urea groups is 1. The maximum atomic E-state index is 13.2. The Morgan fingerprint density at radius 1 is 1.03 bits per heavy atom. The number of amides is 3. The van der Waals surface area contributed by atoms with Crippen molar-refractivity contribution in [2.24, 2.45) is 0 Å². The molecule has 37 heavy (non-hydrogen) atoms. The Hall–Kier alpha value is -4.31. The monoisotopic (exact) mass is 496 g/mol. The van der Waals surface area contributed by atoms with Crippen LogP contribution in [-0.2, 0) is 0 Å². The van der Waals surface area contributed by atoms with Crippen molar-refractivity contribution in [1.29, 1.82) is 5.26 Å². The Balaban J connectivity index is 1.35. The van der Waals surface area contributed by atoms with Gasteiger partial charge in [0.25, 0.3) is 5.91 Å². The molecule has 3 amide bonds. The summed E-state index contributed by atoms with van der Waals surface area (Å²) >= 11 is 0. The van der Waals surface area contributed by atoms with Crippen LogP contribution in [0.5, 0.6) is 5.75 Å². The van der Waals surface area contributed by atoms with Gasteiger partial charge >= 0.3 is 6.03 Å². The minimum Gasteiger partial charge on any atom is -0.497 e. The van der Waals surface area contributed by atoms with Gasteiger partial charge in [-0.25, -0.2) is 4.79 Å². The lowest BCUT2D eigenvalue weighted by atomic mass is 9.89. The van der Waals surface area contributed by atoms with Crippen molar-refractivity contribution in [3.63, 3.8) is 0 Å². The van der Waals surface area contributed by atoms with Crippen LogP contribution in [0.15, 0.2) is 66.7 Å². The number of nitriles is 1. The SMILES string of the molecule is COc1ccc([C@@H](C)NC(=O)Nc2cc(C(=O)N3CCC(c4ccc(C#N)cc4)CC3)ccc2C)cc1. The summed E-state index contributed by atoms with van der Waals surface area (Å²) in [6.45, 7) is 5.15. The fraction of sp³-hybridized carbons (Fsp3) is 0.300. The van der Waals surface area contributed by atoms with Crippen LogP contribution in [0.2, 0.25) is 0 Å². The second-order valence-electron chi connectivity index (χ2n) is 9.42. The first-order chi connectivity index (χ1) is 17.9. The zero-order valence-corrected chi connectivity index (χ0v) is 21.5. The number of nitrogens with zero attached hydrogens (tertiary/aromatic N) is 2. The van der Waals surface area contributed by atoms with Crippen molar-refractivity contribution in [1.82, 2.24) is 10.2 Å². The molecule has 3 aromatic carbocycles. The molecule has 0 aliphatic carbocycles.